The van der Waals surface area contributed by atoms with Crippen molar-refractivity contribution in [2.75, 3.05) is 18.2 Å². The standard InChI is InChI=1S/C22H21Cl2N5O4S/c1-12(25-20(31)13-4-6-14(23)7-5-13)19-27-28-22(29(19)2)34-11-18(30)26-15-8-9-17(24)16(10-15)21(32)33-3/h4-10,12H,11H2,1-3H3,(H,25,31)(H,26,30)/t12-/m1/s1. The number of halogens is 2. The van der Waals surface area contributed by atoms with Crippen LogP contribution in [0.4, 0.5) is 5.69 Å². The number of anilines is 1. The average Bonchev–Trinajstić information content (AvgIpc) is 3.19. The number of methoxy groups -OCH3 is 1. The van der Waals surface area contributed by atoms with Gasteiger partial charge < -0.3 is 19.9 Å². The van der Waals surface area contributed by atoms with E-state index in [0.29, 0.717) is 27.3 Å². The first-order chi connectivity index (χ1) is 16.2. The van der Waals surface area contributed by atoms with Crippen molar-refractivity contribution in [1.82, 2.24) is 20.1 Å². The summed E-state index contributed by atoms with van der Waals surface area (Å²) in [6, 6.07) is 10.7. The zero-order valence-electron chi connectivity index (χ0n) is 18.5. The summed E-state index contributed by atoms with van der Waals surface area (Å²) < 4.78 is 6.39. The van der Waals surface area contributed by atoms with Gasteiger partial charge in [-0.15, -0.1) is 10.2 Å². The van der Waals surface area contributed by atoms with Crippen LogP contribution in [-0.2, 0) is 16.6 Å². The number of thioether (sulfide) groups is 1. The second kappa shape index (κ2) is 11.4. The third-order valence-electron chi connectivity index (χ3n) is 4.70. The van der Waals surface area contributed by atoms with Crippen molar-refractivity contribution in [2.45, 2.75) is 18.1 Å². The number of carbonyl (C=O) groups excluding carboxylic acids is 3. The van der Waals surface area contributed by atoms with Crippen LogP contribution in [0.25, 0.3) is 0 Å². The maximum absolute atomic E-state index is 12.4. The number of esters is 1. The van der Waals surface area contributed by atoms with E-state index in [1.807, 2.05) is 0 Å². The van der Waals surface area contributed by atoms with Crippen LogP contribution in [0, 0.1) is 0 Å². The Balaban J connectivity index is 1.58. The lowest BCUT2D eigenvalue weighted by Gasteiger charge is -2.13. The van der Waals surface area contributed by atoms with Crippen LogP contribution in [0.3, 0.4) is 0 Å². The molecule has 178 valence electrons. The summed E-state index contributed by atoms with van der Waals surface area (Å²) >= 11 is 13.0. The SMILES string of the molecule is COC(=O)c1cc(NC(=O)CSc2nnc([C@@H](C)NC(=O)c3ccc(Cl)cc3)n2C)ccc1Cl. The molecule has 0 unspecified atom stereocenters. The highest BCUT2D eigenvalue weighted by molar-refractivity contribution is 7.99. The third-order valence-corrected chi connectivity index (χ3v) is 6.30. The van der Waals surface area contributed by atoms with Gasteiger partial charge in [0.05, 0.1) is 29.5 Å². The van der Waals surface area contributed by atoms with Gasteiger partial charge in [-0.25, -0.2) is 4.79 Å². The van der Waals surface area contributed by atoms with Crippen molar-refractivity contribution in [3.05, 3.63) is 69.5 Å². The first-order valence-electron chi connectivity index (χ1n) is 9.95. The normalized spacial score (nSPS) is 11.6. The van der Waals surface area contributed by atoms with E-state index in [4.69, 9.17) is 23.2 Å². The van der Waals surface area contributed by atoms with E-state index in [2.05, 4.69) is 25.6 Å². The van der Waals surface area contributed by atoms with Crippen LogP contribution in [0.1, 0.15) is 39.5 Å². The Morgan fingerprint density at radius 3 is 2.50 bits per heavy atom. The Labute approximate surface area is 210 Å². The fraction of sp³-hybridized carbons (Fsp3) is 0.227. The van der Waals surface area contributed by atoms with E-state index < -0.39 is 12.0 Å². The van der Waals surface area contributed by atoms with E-state index in [9.17, 15) is 14.4 Å². The molecule has 0 aliphatic carbocycles. The zero-order valence-corrected chi connectivity index (χ0v) is 20.8. The third kappa shape index (κ3) is 6.28. The Morgan fingerprint density at radius 2 is 1.82 bits per heavy atom. The molecule has 0 aliphatic rings. The van der Waals surface area contributed by atoms with Crippen LogP contribution < -0.4 is 10.6 Å². The van der Waals surface area contributed by atoms with Gasteiger partial charge in [-0.05, 0) is 49.4 Å². The number of nitrogens with zero attached hydrogens (tertiary/aromatic N) is 3. The molecule has 2 aromatic carbocycles. The largest absolute Gasteiger partial charge is 0.465 e. The van der Waals surface area contributed by atoms with Gasteiger partial charge in [-0.2, -0.15) is 0 Å². The van der Waals surface area contributed by atoms with Gasteiger partial charge in [-0.3, -0.25) is 9.59 Å². The molecule has 0 fully saturated rings. The first kappa shape index (κ1) is 25.5. The number of hydrogen-bond acceptors (Lipinski definition) is 7. The summed E-state index contributed by atoms with van der Waals surface area (Å²) in [6.07, 6.45) is 0. The van der Waals surface area contributed by atoms with E-state index >= 15 is 0 Å². The van der Waals surface area contributed by atoms with Crippen LogP contribution >= 0.6 is 35.0 Å². The summed E-state index contributed by atoms with van der Waals surface area (Å²) in [5.74, 6) is -0.593. The predicted molar refractivity (Wildman–Crippen MR) is 130 cm³/mol. The molecule has 3 rings (SSSR count). The molecule has 1 aromatic heterocycles. The summed E-state index contributed by atoms with van der Waals surface area (Å²) in [4.78, 5) is 36.6. The first-order valence-corrected chi connectivity index (χ1v) is 11.7. The number of benzene rings is 2. The van der Waals surface area contributed by atoms with Gasteiger partial charge in [0.25, 0.3) is 5.91 Å². The lowest BCUT2D eigenvalue weighted by Crippen LogP contribution is -2.28. The van der Waals surface area contributed by atoms with Gasteiger partial charge in [0, 0.05) is 23.3 Å². The Kier molecular flexibility index (Phi) is 8.54. The molecule has 2 amide bonds. The van der Waals surface area contributed by atoms with Crippen LogP contribution in [-0.4, -0.2) is 45.4 Å². The minimum absolute atomic E-state index is 0.0493. The van der Waals surface area contributed by atoms with Crippen LogP contribution in [0.2, 0.25) is 10.0 Å². The molecule has 0 radical (unpaired) electrons. The molecule has 0 bridgehead atoms. The second-order valence-electron chi connectivity index (χ2n) is 7.12. The average molecular weight is 522 g/mol. The molecule has 0 spiro atoms. The molecule has 0 aliphatic heterocycles. The Morgan fingerprint density at radius 1 is 1.12 bits per heavy atom. The van der Waals surface area contributed by atoms with E-state index in [-0.39, 0.29) is 28.2 Å². The molecular formula is C22H21Cl2N5O4S. The van der Waals surface area contributed by atoms with E-state index in [0.717, 1.165) is 0 Å². The molecule has 1 atom stereocenters. The summed E-state index contributed by atoms with van der Waals surface area (Å²) in [5.41, 5.74) is 1.04. The topological polar surface area (TPSA) is 115 Å². The number of nitrogens with one attached hydrogen (secondary N) is 2. The predicted octanol–water partition coefficient (Wildman–Crippen LogP) is 4.13. The fourth-order valence-electron chi connectivity index (χ4n) is 2.97. The van der Waals surface area contributed by atoms with Gasteiger partial charge >= 0.3 is 5.97 Å². The number of aromatic nitrogens is 3. The summed E-state index contributed by atoms with van der Waals surface area (Å²) in [5, 5.41) is 15.1. The number of amides is 2. The molecule has 0 saturated carbocycles. The van der Waals surface area contributed by atoms with Crippen LogP contribution in [0.5, 0.6) is 0 Å². The van der Waals surface area contributed by atoms with Crippen molar-refractivity contribution in [2.24, 2.45) is 7.05 Å². The van der Waals surface area contributed by atoms with E-state index in [1.54, 1.807) is 48.9 Å². The monoisotopic (exact) mass is 521 g/mol. The Bertz CT molecular complexity index is 1220. The minimum Gasteiger partial charge on any atom is -0.465 e. The minimum atomic E-state index is -0.598. The highest BCUT2D eigenvalue weighted by Crippen LogP contribution is 2.23. The molecule has 2 N–H and O–H groups in total. The number of ether oxygens (including phenoxy) is 1. The fourth-order valence-corrected chi connectivity index (χ4v) is 4.01. The second-order valence-corrected chi connectivity index (χ2v) is 8.91. The summed E-state index contributed by atoms with van der Waals surface area (Å²) in [6.45, 7) is 1.79. The summed E-state index contributed by atoms with van der Waals surface area (Å²) in [7, 11) is 3.00. The van der Waals surface area contributed by atoms with Crippen molar-refractivity contribution in [1.29, 1.82) is 0 Å². The van der Waals surface area contributed by atoms with E-state index in [1.165, 1.54) is 31.0 Å². The smallest absolute Gasteiger partial charge is 0.339 e. The van der Waals surface area contributed by atoms with Gasteiger partial charge in [0.1, 0.15) is 0 Å². The number of hydrogen-bond donors (Lipinski definition) is 2. The molecule has 9 nitrogen and oxygen atoms in total. The van der Waals surface area contributed by atoms with Crippen molar-refractivity contribution < 1.29 is 19.1 Å². The van der Waals surface area contributed by atoms with Crippen LogP contribution in [0.15, 0.2) is 47.6 Å². The van der Waals surface area contributed by atoms with Crippen molar-refractivity contribution in [3.63, 3.8) is 0 Å². The van der Waals surface area contributed by atoms with Gasteiger partial charge in [0.2, 0.25) is 5.91 Å². The number of carbonyl (C=O) groups is 3. The van der Waals surface area contributed by atoms with Gasteiger partial charge in [-0.1, -0.05) is 35.0 Å². The zero-order chi connectivity index (χ0) is 24.8. The molecule has 12 heteroatoms. The molecule has 34 heavy (non-hydrogen) atoms. The molecular weight excluding hydrogens is 501 g/mol. The molecule has 1 heterocycles. The molecule has 0 saturated heterocycles. The maximum atomic E-state index is 12.4. The van der Waals surface area contributed by atoms with Crippen molar-refractivity contribution >= 4 is 58.4 Å². The number of rotatable bonds is 8. The quantitative estimate of drug-likeness (QED) is 0.338. The molecule has 3 aromatic rings. The highest BCUT2D eigenvalue weighted by atomic mass is 35.5. The maximum Gasteiger partial charge on any atom is 0.339 e. The lowest BCUT2D eigenvalue weighted by atomic mass is 10.2. The lowest BCUT2D eigenvalue weighted by molar-refractivity contribution is -0.113. The van der Waals surface area contributed by atoms with Crippen molar-refractivity contribution in [3.8, 4) is 0 Å². The highest BCUT2D eigenvalue weighted by Gasteiger charge is 2.19. The Hall–Kier alpha value is -3.08. The van der Waals surface area contributed by atoms with Gasteiger partial charge in [0.15, 0.2) is 11.0 Å².